The lowest BCUT2D eigenvalue weighted by atomic mass is 10.3. The lowest BCUT2D eigenvalue weighted by Crippen LogP contribution is -2.10. The number of rotatable bonds is 5. The Morgan fingerprint density at radius 3 is 2.87 bits per heavy atom. The lowest BCUT2D eigenvalue weighted by Gasteiger charge is -2.08. The summed E-state index contributed by atoms with van der Waals surface area (Å²) >= 11 is 1.40. The first-order valence-electron chi connectivity index (χ1n) is 7.06. The van der Waals surface area contributed by atoms with Crippen molar-refractivity contribution in [2.24, 2.45) is 7.05 Å². The van der Waals surface area contributed by atoms with Crippen LogP contribution in [0, 0.1) is 6.92 Å². The van der Waals surface area contributed by atoms with Crippen LogP contribution in [0.2, 0.25) is 0 Å². The quantitative estimate of drug-likeness (QED) is 0.781. The predicted molar refractivity (Wildman–Crippen MR) is 88.8 cm³/mol. The first-order valence-corrected chi connectivity index (χ1v) is 7.94. The summed E-state index contributed by atoms with van der Waals surface area (Å²) in [5.41, 5.74) is 0.690. The molecule has 7 heteroatoms. The number of thiophene rings is 1. The molecule has 6 nitrogen and oxygen atoms in total. The molecule has 0 unspecified atom stereocenters. The van der Waals surface area contributed by atoms with Crippen molar-refractivity contribution in [1.29, 1.82) is 0 Å². The summed E-state index contributed by atoms with van der Waals surface area (Å²) in [5, 5.41) is 12.8. The Kier molecular flexibility index (Phi) is 4.38. The molecule has 0 aliphatic heterocycles. The fourth-order valence-corrected chi connectivity index (χ4v) is 2.61. The second-order valence-corrected chi connectivity index (χ2v) is 5.92. The van der Waals surface area contributed by atoms with Crippen molar-refractivity contribution < 1.29 is 9.53 Å². The average molecular weight is 328 g/mol. The van der Waals surface area contributed by atoms with Crippen LogP contribution in [0.4, 0.5) is 5.69 Å². The summed E-state index contributed by atoms with van der Waals surface area (Å²) in [6, 6.07) is 10.9. The second kappa shape index (κ2) is 6.62. The zero-order valence-corrected chi connectivity index (χ0v) is 13.6. The maximum absolute atomic E-state index is 12.1. The Bertz CT molecular complexity index is 811. The van der Waals surface area contributed by atoms with Crippen molar-refractivity contribution in [2.75, 3.05) is 5.32 Å². The van der Waals surface area contributed by atoms with Crippen LogP contribution < -0.4 is 10.1 Å². The molecular formula is C16H16N4O2S. The fourth-order valence-electron chi connectivity index (χ4n) is 1.99. The highest BCUT2D eigenvalue weighted by Crippen LogP contribution is 2.20. The van der Waals surface area contributed by atoms with E-state index in [0.717, 1.165) is 11.6 Å². The molecular weight excluding hydrogens is 312 g/mol. The molecule has 1 aromatic carbocycles. The third-order valence-electron chi connectivity index (χ3n) is 3.39. The minimum atomic E-state index is -0.124. The molecule has 0 aliphatic carbocycles. The number of amides is 1. The number of carbonyl (C=O) groups is 1. The Labute approximate surface area is 137 Å². The van der Waals surface area contributed by atoms with E-state index in [2.05, 4.69) is 15.5 Å². The summed E-state index contributed by atoms with van der Waals surface area (Å²) in [4.78, 5) is 12.7. The van der Waals surface area contributed by atoms with Gasteiger partial charge in [0.1, 0.15) is 18.2 Å². The highest BCUT2D eigenvalue weighted by molar-refractivity contribution is 7.12. The van der Waals surface area contributed by atoms with Crippen LogP contribution in [-0.2, 0) is 13.7 Å². The summed E-state index contributed by atoms with van der Waals surface area (Å²) in [6.45, 7) is 2.21. The molecule has 0 aliphatic rings. The van der Waals surface area contributed by atoms with Gasteiger partial charge in [-0.05, 0) is 30.5 Å². The molecule has 2 aromatic heterocycles. The standard InChI is InChI=1S/C16H16N4O2S/c1-11-18-19-15(20(11)2)10-22-13-6-3-5-12(9-13)17-16(21)14-7-4-8-23-14/h3-9H,10H2,1-2H3,(H,17,21). The van der Waals surface area contributed by atoms with E-state index in [-0.39, 0.29) is 5.91 Å². The molecule has 1 amide bonds. The summed E-state index contributed by atoms with van der Waals surface area (Å²) in [6.07, 6.45) is 0. The van der Waals surface area contributed by atoms with Gasteiger partial charge in [0, 0.05) is 18.8 Å². The van der Waals surface area contributed by atoms with Crippen molar-refractivity contribution in [2.45, 2.75) is 13.5 Å². The van der Waals surface area contributed by atoms with Crippen molar-refractivity contribution >= 4 is 22.9 Å². The maximum Gasteiger partial charge on any atom is 0.265 e. The van der Waals surface area contributed by atoms with E-state index in [1.54, 1.807) is 12.1 Å². The van der Waals surface area contributed by atoms with E-state index in [9.17, 15) is 4.79 Å². The summed E-state index contributed by atoms with van der Waals surface area (Å²) in [5.74, 6) is 2.12. The van der Waals surface area contributed by atoms with E-state index in [1.807, 2.05) is 48.2 Å². The number of hydrogen-bond acceptors (Lipinski definition) is 5. The topological polar surface area (TPSA) is 69.0 Å². The van der Waals surface area contributed by atoms with Crippen molar-refractivity contribution in [3.63, 3.8) is 0 Å². The van der Waals surface area contributed by atoms with Gasteiger partial charge in [0.15, 0.2) is 5.82 Å². The van der Waals surface area contributed by atoms with Gasteiger partial charge in [-0.2, -0.15) is 0 Å². The molecule has 2 heterocycles. The molecule has 0 bridgehead atoms. The number of ether oxygens (including phenoxy) is 1. The Morgan fingerprint density at radius 1 is 1.30 bits per heavy atom. The number of carbonyl (C=O) groups excluding carboxylic acids is 1. The first kappa shape index (κ1) is 15.2. The normalized spacial score (nSPS) is 10.5. The van der Waals surface area contributed by atoms with E-state index < -0.39 is 0 Å². The van der Waals surface area contributed by atoms with Crippen LogP contribution in [0.3, 0.4) is 0 Å². The van der Waals surface area contributed by atoms with Gasteiger partial charge in [-0.15, -0.1) is 21.5 Å². The van der Waals surface area contributed by atoms with Gasteiger partial charge in [0.25, 0.3) is 5.91 Å². The van der Waals surface area contributed by atoms with E-state index in [0.29, 0.717) is 22.9 Å². The van der Waals surface area contributed by atoms with Crippen molar-refractivity contribution in [3.8, 4) is 5.75 Å². The molecule has 1 N–H and O–H groups in total. The third kappa shape index (κ3) is 3.57. The molecule has 0 atom stereocenters. The highest BCUT2D eigenvalue weighted by atomic mass is 32.1. The zero-order valence-electron chi connectivity index (χ0n) is 12.8. The fraction of sp³-hybridized carbons (Fsp3) is 0.188. The first-order chi connectivity index (χ1) is 11.1. The minimum Gasteiger partial charge on any atom is -0.486 e. The third-order valence-corrected chi connectivity index (χ3v) is 4.26. The SMILES string of the molecule is Cc1nnc(COc2cccc(NC(=O)c3cccs3)c2)n1C. The molecule has 0 saturated carbocycles. The van der Waals surface area contributed by atoms with Gasteiger partial charge in [-0.3, -0.25) is 4.79 Å². The molecule has 3 rings (SSSR count). The Hall–Kier alpha value is -2.67. The number of benzene rings is 1. The second-order valence-electron chi connectivity index (χ2n) is 4.97. The molecule has 118 valence electrons. The summed E-state index contributed by atoms with van der Waals surface area (Å²) < 4.78 is 7.60. The Morgan fingerprint density at radius 2 is 2.17 bits per heavy atom. The molecule has 0 fully saturated rings. The average Bonchev–Trinajstić information content (AvgIpc) is 3.18. The van der Waals surface area contributed by atoms with Crippen LogP contribution in [0.15, 0.2) is 41.8 Å². The van der Waals surface area contributed by atoms with Crippen molar-refractivity contribution in [1.82, 2.24) is 14.8 Å². The van der Waals surface area contributed by atoms with Gasteiger partial charge in [0.2, 0.25) is 0 Å². The molecule has 23 heavy (non-hydrogen) atoms. The molecule has 0 radical (unpaired) electrons. The molecule has 3 aromatic rings. The van der Waals surface area contributed by atoms with Crippen molar-refractivity contribution in [3.05, 3.63) is 58.3 Å². The zero-order chi connectivity index (χ0) is 16.2. The number of nitrogens with zero attached hydrogens (tertiary/aromatic N) is 3. The monoisotopic (exact) mass is 328 g/mol. The molecule has 0 saturated heterocycles. The van der Waals surface area contributed by atoms with Crippen LogP contribution in [-0.4, -0.2) is 20.7 Å². The van der Waals surface area contributed by atoms with Gasteiger partial charge in [-0.1, -0.05) is 12.1 Å². The number of anilines is 1. The van der Waals surface area contributed by atoms with Gasteiger partial charge in [-0.25, -0.2) is 0 Å². The number of nitrogens with one attached hydrogen (secondary N) is 1. The van der Waals surface area contributed by atoms with Crippen LogP contribution in [0.1, 0.15) is 21.3 Å². The maximum atomic E-state index is 12.1. The molecule has 0 spiro atoms. The largest absolute Gasteiger partial charge is 0.486 e. The van der Waals surface area contributed by atoms with Crippen LogP contribution in [0.25, 0.3) is 0 Å². The number of aryl methyl sites for hydroxylation is 1. The van der Waals surface area contributed by atoms with Gasteiger partial charge >= 0.3 is 0 Å². The number of hydrogen-bond donors (Lipinski definition) is 1. The van der Waals surface area contributed by atoms with Crippen LogP contribution >= 0.6 is 11.3 Å². The van der Waals surface area contributed by atoms with Gasteiger partial charge < -0.3 is 14.6 Å². The number of aromatic nitrogens is 3. The van der Waals surface area contributed by atoms with E-state index in [4.69, 9.17) is 4.74 Å². The Balaban J connectivity index is 1.65. The predicted octanol–water partition coefficient (Wildman–Crippen LogP) is 3.02. The van der Waals surface area contributed by atoms with E-state index in [1.165, 1.54) is 11.3 Å². The summed E-state index contributed by atoms with van der Waals surface area (Å²) in [7, 11) is 1.89. The van der Waals surface area contributed by atoms with Gasteiger partial charge in [0.05, 0.1) is 4.88 Å². The lowest BCUT2D eigenvalue weighted by molar-refractivity contribution is 0.103. The minimum absolute atomic E-state index is 0.124. The smallest absolute Gasteiger partial charge is 0.265 e. The van der Waals surface area contributed by atoms with Crippen LogP contribution in [0.5, 0.6) is 5.75 Å². The van der Waals surface area contributed by atoms with E-state index >= 15 is 0 Å². The highest BCUT2D eigenvalue weighted by Gasteiger charge is 2.08.